The van der Waals surface area contributed by atoms with Crippen molar-refractivity contribution in [2.75, 3.05) is 19.7 Å². The Morgan fingerprint density at radius 1 is 0.930 bits per heavy atom. The number of aliphatic carboxylic acids is 1. The Bertz CT molecular complexity index is 1470. The van der Waals surface area contributed by atoms with E-state index >= 15 is 4.39 Å². The number of benzene rings is 3. The van der Waals surface area contributed by atoms with E-state index in [9.17, 15) is 14.7 Å². The van der Waals surface area contributed by atoms with E-state index in [2.05, 4.69) is 22.3 Å². The van der Waals surface area contributed by atoms with Gasteiger partial charge in [-0.25, -0.2) is 9.18 Å². The molecule has 0 aromatic heterocycles. The molecule has 2 aliphatic carbocycles. The Morgan fingerprint density at radius 2 is 1.60 bits per heavy atom. The molecule has 43 heavy (non-hydrogen) atoms. The molecule has 226 valence electrons. The third-order valence-electron chi connectivity index (χ3n) is 8.81. The van der Waals surface area contributed by atoms with E-state index in [1.165, 1.54) is 11.6 Å². The van der Waals surface area contributed by atoms with Gasteiger partial charge in [-0.2, -0.15) is 0 Å². The number of hydrogen-bond donors (Lipinski definition) is 2. The minimum absolute atomic E-state index is 0.0224. The van der Waals surface area contributed by atoms with E-state index in [0.29, 0.717) is 28.3 Å². The number of rotatable bonds is 11. The number of likely N-dealkylation sites (tertiary alicyclic amines) is 1. The topological polar surface area (TPSA) is 78.9 Å². The molecule has 0 spiro atoms. The Balaban J connectivity index is 1.12. The van der Waals surface area contributed by atoms with Crippen molar-refractivity contribution in [1.82, 2.24) is 10.2 Å². The number of carboxylic acids is 1. The quantitative estimate of drug-likeness (QED) is 0.231. The molecular weight excluding hydrogens is 590 g/mol. The first-order chi connectivity index (χ1) is 20.8. The summed E-state index contributed by atoms with van der Waals surface area (Å²) < 4.78 is 21.4. The van der Waals surface area contributed by atoms with Crippen LogP contribution in [0.15, 0.2) is 60.7 Å². The minimum atomic E-state index is -1.09. The summed E-state index contributed by atoms with van der Waals surface area (Å²) in [6.07, 6.45) is 5.24. The van der Waals surface area contributed by atoms with E-state index in [4.69, 9.17) is 27.9 Å². The average Bonchev–Trinajstić information content (AvgIpc) is 3.90. The van der Waals surface area contributed by atoms with Gasteiger partial charge in [0.25, 0.3) is 5.91 Å². The predicted octanol–water partition coefficient (Wildman–Crippen LogP) is 7.48. The summed E-state index contributed by atoms with van der Waals surface area (Å²) in [7, 11) is 0. The van der Waals surface area contributed by atoms with Crippen LogP contribution in [0.5, 0.6) is 5.75 Å². The van der Waals surface area contributed by atoms with Gasteiger partial charge < -0.3 is 15.2 Å². The number of piperidine rings is 1. The van der Waals surface area contributed by atoms with E-state index in [1.807, 2.05) is 30.3 Å². The van der Waals surface area contributed by atoms with Crippen molar-refractivity contribution in [3.63, 3.8) is 0 Å². The van der Waals surface area contributed by atoms with Crippen LogP contribution in [0.2, 0.25) is 10.0 Å². The second-order valence-electron chi connectivity index (χ2n) is 12.1. The van der Waals surface area contributed by atoms with Gasteiger partial charge in [-0.1, -0.05) is 53.5 Å². The molecule has 1 heterocycles. The molecule has 2 atom stereocenters. The van der Waals surface area contributed by atoms with Gasteiger partial charge in [0, 0.05) is 16.1 Å². The van der Waals surface area contributed by atoms with Crippen LogP contribution >= 0.6 is 23.2 Å². The van der Waals surface area contributed by atoms with Crippen molar-refractivity contribution >= 4 is 35.1 Å². The number of carbonyl (C=O) groups is 2. The van der Waals surface area contributed by atoms with Crippen LogP contribution in [0.3, 0.4) is 0 Å². The maximum Gasteiger partial charge on any atom is 0.326 e. The molecule has 1 aliphatic heterocycles. The highest BCUT2D eigenvalue weighted by atomic mass is 35.5. The summed E-state index contributed by atoms with van der Waals surface area (Å²) in [5.41, 5.74) is 2.93. The van der Waals surface area contributed by atoms with Gasteiger partial charge in [0.15, 0.2) is 0 Å². The number of halogens is 3. The zero-order chi connectivity index (χ0) is 30.1. The van der Waals surface area contributed by atoms with Gasteiger partial charge in [-0.3, -0.25) is 9.69 Å². The molecule has 3 fully saturated rings. The molecule has 1 unspecified atom stereocenters. The fraction of sp³-hybridized carbons (Fsp3) is 0.412. The number of hydrogen-bond acceptors (Lipinski definition) is 4. The average molecular weight is 626 g/mol. The summed E-state index contributed by atoms with van der Waals surface area (Å²) >= 11 is 12.8. The molecule has 6 rings (SSSR count). The van der Waals surface area contributed by atoms with Crippen molar-refractivity contribution in [3.05, 3.63) is 98.8 Å². The van der Waals surface area contributed by atoms with Crippen LogP contribution in [-0.4, -0.2) is 47.6 Å². The lowest BCUT2D eigenvalue weighted by molar-refractivity contribution is -0.139. The third kappa shape index (κ3) is 7.17. The predicted molar refractivity (Wildman–Crippen MR) is 165 cm³/mol. The van der Waals surface area contributed by atoms with Crippen molar-refractivity contribution in [1.29, 1.82) is 0 Å². The number of ether oxygens (including phenoxy) is 1. The normalized spacial score (nSPS) is 19.0. The second kappa shape index (κ2) is 12.8. The fourth-order valence-corrected chi connectivity index (χ4v) is 6.72. The molecule has 2 N–H and O–H groups in total. The molecule has 3 aromatic rings. The van der Waals surface area contributed by atoms with Crippen LogP contribution in [0.25, 0.3) is 0 Å². The first kappa shape index (κ1) is 29.9. The van der Waals surface area contributed by atoms with Crippen LogP contribution in [0.1, 0.15) is 77.5 Å². The number of nitrogens with zero attached hydrogens (tertiary/aromatic N) is 1. The Hall–Kier alpha value is -3.13. The van der Waals surface area contributed by atoms with Crippen molar-refractivity contribution < 1.29 is 23.8 Å². The molecule has 2 saturated carbocycles. The maximum atomic E-state index is 15.2. The van der Waals surface area contributed by atoms with Crippen LogP contribution in [0, 0.1) is 17.7 Å². The van der Waals surface area contributed by atoms with Crippen molar-refractivity contribution in [3.8, 4) is 5.75 Å². The van der Waals surface area contributed by atoms with Crippen LogP contribution in [0.4, 0.5) is 4.39 Å². The molecule has 0 radical (unpaired) electrons. The second-order valence-corrected chi connectivity index (χ2v) is 13.0. The first-order valence-electron chi connectivity index (χ1n) is 15.0. The Morgan fingerprint density at radius 3 is 2.21 bits per heavy atom. The highest BCUT2D eigenvalue weighted by Gasteiger charge is 2.38. The molecule has 3 aliphatic rings. The summed E-state index contributed by atoms with van der Waals surface area (Å²) in [4.78, 5) is 26.9. The smallest absolute Gasteiger partial charge is 0.326 e. The Kier molecular flexibility index (Phi) is 8.94. The van der Waals surface area contributed by atoms with Gasteiger partial charge in [-0.05, 0) is 110 Å². The van der Waals surface area contributed by atoms with E-state index in [0.717, 1.165) is 62.7 Å². The van der Waals surface area contributed by atoms with Gasteiger partial charge in [0.05, 0.1) is 18.2 Å². The summed E-state index contributed by atoms with van der Waals surface area (Å²) in [5.74, 6) is -1.57. The van der Waals surface area contributed by atoms with E-state index in [-0.39, 0.29) is 23.4 Å². The number of amides is 1. The standard InChI is InChI=1S/C34H35Cl2FN2O4/c35-25-14-24(15-26(36)16-25)32(23-4-2-1-3-5-23)39-12-10-20(11-13-39)19-43-30-18-29(37)28(17-27(30)21-6-7-21)33(40)38-31(34(41)42)22-8-9-22/h1-5,14-18,20-22,31-32H,6-13,19H2,(H,38,40)(H,41,42)/t31?,32-/m0/s1. The molecule has 3 aromatic carbocycles. The largest absolute Gasteiger partial charge is 0.493 e. The lowest BCUT2D eigenvalue weighted by atomic mass is 9.91. The Labute approximate surface area is 261 Å². The molecule has 1 amide bonds. The van der Waals surface area contributed by atoms with Gasteiger partial charge in [0.2, 0.25) is 0 Å². The zero-order valence-electron chi connectivity index (χ0n) is 23.8. The van der Waals surface area contributed by atoms with Crippen molar-refractivity contribution in [2.45, 2.75) is 56.5 Å². The highest BCUT2D eigenvalue weighted by molar-refractivity contribution is 6.34. The number of carboxylic acid groups (broad SMARTS) is 1. The number of nitrogens with one attached hydrogen (secondary N) is 1. The van der Waals surface area contributed by atoms with Gasteiger partial charge in [0.1, 0.15) is 17.6 Å². The third-order valence-corrected chi connectivity index (χ3v) is 9.25. The maximum absolute atomic E-state index is 15.2. The summed E-state index contributed by atoms with van der Waals surface area (Å²) in [6.45, 7) is 2.17. The van der Waals surface area contributed by atoms with Crippen LogP contribution < -0.4 is 10.1 Å². The zero-order valence-corrected chi connectivity index (χ0v) is 25.3. The first-order valence-corrected chi connectivity index (χ1v) is 15.8. The van der Waals surface area contributed by atoms with Crippen LogP contribution in [-0.2, 0) is 4.79 Å². The molecule has 0 bridgehead atoms. The van der Waals surface area contributed by atoms with Crippen molar-refractivity contribution in [2.24, 2.45) is 11.8 Å². The van der Waals surface area contributed by atoms with Gasteiger partial charge in [-0.15, -0.1) is 0 Å². The lowest BCUT2D eigenvalue weighted by Gasteiger charge is -2.38. The summed E-state index contributed by atoms with van der Waals surface area (Å²) in [5, 5.41) is 13.2. The monoisotopic (exact) mass is 624 g/mol. The highest BCUT2D eigenvalue weighted by Crippen LogP contribution is 2.45. The summed E-state index contributed by atoms with van der Waals surface area (Å²) in [6, 6.07) is 17.9. The molecule has 1 saturated heterocycles. The van der Waals surface area contributed by atoms with Gasteiger partial charge >= 0.3 is 5.97 Å². The number of carbonyl (C=O) groups excluding carboxylic acids is 1. The van der Waals surface area contributed by atoms with E-state index < -0.39 is 23.7 Å². The van der Waals surface area contributed by atoms with E-state index in [1.54, 1.807) is 12.1 Å². The molecular formula is C34H35Cl2FN2O4. The molecule has 9 heteroatoms. The molecule has 6 nitrogen and oxygen atoms in total. The lowest BCUT2D eigenvalue weighted by Crippen LogP contribution is -2.42. The SMILES string of the molecule is O=C(NC(C(=O)O)C1CC1)c1cc(C2CC2)c(OCC2CCN([C@@H](c3ccccc3)c3cc(Cl)cc(Cl)c3)CC2)cc1F. The minimum Gasteiger partial charge on any atom is -0.493 e. The fourth-order valence-electron chi connectivity index (χ4n) is 6.18.